The van der Waals surface area contributed by atoms with Crippen molar-refractivity contribution in [2.75, 3.05) is 19.5 Å². The van der Waals surface area contributed by atoms with Gasteiger partial charge in [-0.05, 0) is 12.1 Å². The molecular formula is C12H12N4O2. The van der Waals surface area contributed by atoms with E-state index < -0.39 is 5.97 Å². The molecule has 92 valence electrons. The number of nitrogens with one attached hydrogen (secondary N) is 1. The summed E-state index contributed by atoms with van der Waals surface area (Å²) in [6.07, 6.45) is 3.08. The zero-order valence-corrected chi connectivity index (χ0v) is 10.0. The van der Waals surface area contributed by atoms with Gasteiger partial charge in [0.1, 0.15) is 17.1 Å². The van der Waals surface area contributed by atoms with Crippen LogP contribution in [-0.4, -0.2) is 35.1 Å². The molecule has 6 heteroatoms. The molecule has 2 aromatic heterocycles. The Morgan fingerprint density at radius 2 is 2.17 bits per heavy atom. The molecule has 0 amide bonds. The minimum Gasteiger partial charge on any atom is -0.465 e. The Hall–Kier alpha value is -2.50. The minimum atomic E-state index is -0.480. The molecule has 0 atom stereocenters. The SMILES string of the molecule is CNc1nc(-c2ccccn2)ncc1C(=O)OC. The summed E-state index contributed by atoms with van der Waals surface area (Å²) >= 11 is 0. The van der Waals surface area contributed by atoms with Gasteiger partial charge in [-0.2, -0.15) is 0 Å². The topological polar surface area (TPSA) is 77.0 Å². The normalized spacial score (nSPS) is 9.89. The van der Waals surface area contributed by atoms with Gasteiger partial charge in [-0.15, -0.1) is 0 Å². The summed E-state index contributed by atoms with van der Waals surface area (Å²) in [7, 11) is 2.99. The first-order valence-electron chi connectivity index (χ1n) is 5.30. The second-order valence-corrected chi connectivity index (χ2v) is 3.41. The van der Waals surface area contributed by atoms with Crippen LogP contribution in [0.2, 0.25) is 0 Å². The minimum absolute atomic E-state index is 0.291. The third-order valence-electron chi connectivity index (χ3n) is 2.32. The van der Waals surface area contributed by atoms with E-state index in [9.17, 15) is 4.79 Å². The lowest BCUT2D eigenvalue weighted by molar-refractivity contribution is 0.0601. The molecule has 0 saturated carbocycles. The molecule has 2 rings (SSSR count). The molecule has 18 heavy (non-hydrogen) atoms. The maximum atomic E-state index is 11.5. The zero-order valence-electron chi connectivity index (χ0n) is 10.0. The lowest BCUT2D eigenvalue weighted by atomic mass is 10.3. The van der Waals surface area contributed by atoms with E-state index in [0.29, 0.717) is 22.9 Å². The predicted molar refractivity (Wildman–Crippen MR) is 66.1 cm³/mol. The molecule has 0 aromatic carbocycles. The number of nitrogens with zero attached hydrogens (tertiary/aromatic N) is 3. The summed E-state index contributed by atoms with van der Waals surface area (Å²) in [6.45, 7) is 0. The van der Waals surface area contributed by atoms with Crippen LogP contribution in [0, 0.1) is 0 Å². The Kier molecular flexibility index (Phi) is 3.47. The number of carbonyl (C=O) groups excluding carboxylic acids is 1. The molecule has 2 heterocycles. The Morgan fingerprint density at radius 3 is 2.78 bits per heavy atom. The fourth-order valence-electron chi connectivity index (χ4n) is 1.45. The standard InChI is InChI=1S/C12H12N4O2/c1-13-10-8(12(17)18-2)7-15-11(16-10)9-5-3-4-6-14-9/h3-7H,1-2H3,(H,13,15,16). The summed E-state index contributed by atoms with van der Waals surface area (Å²) < 4.78 is 4.65. The van der Waals surface area contributed by atoms with Crippen molar-refractivity contribution in [2.24, 2.45) is 0 Å². The van der Waals surface area contributed by atoms with E-state index in [-0.39, 0.29) is 0 Å². The number of methoxy groups -OCH3 is 1. The van der Waals surface area contributed by atoms with E-state index in [4.69, 9.17) is 0 Å². The molecule has 2 aromatic rings. The Bertz CT molecular complexity index is 557. The van der Waals surface area contributed by atoms with Crippen LogP contribution in [0.1, 0.15) is 10.4 Å². The van der Waals surface area contributed by atoms with Gasteiger partial charge in [-0.3, -0.25) is 4.98 Å². The number of pyridine rings is 1. The highest BCUT2D eigenvalue weighted by Gasteiger charge is 2.15. The monoisotopic (exact) mass is 244 g/mol. The largest absolute Gasteiger partial charge is 0.465 e. The molecule has 0 aliphatic rings. The summed E-state index contributed by atoms with van der Waals surface area (Å²) in [5, 5.41) is 2.84. The number of anilines is 1. The molecule has 0 aliphatic carbocycles. The van der Waals surface area contributed by atoms with Gasteiger partial charge in [0, 0.05) is 19.4 Å². The average Bonchev–Trinajstić information content (AvgIpc) is 2.46. The molecule has 0 aliphatic heterocycles. The summed E-state index contributed by atoms with van der Waals surface area (Å²) in [5.74, 6) is 0.386. The van der Waals surface area contributed by atoms with Crippen molar-refractivity contribution >= 4 is 11.8 Å². The van der Waals surface area contributed by atoms with Crippen LogP contribution in [0.15, 0.2) is 30.6 Å². The van der Waals surface area contributed by atoms with Gasteiger partial charge in [0.15, 0.2) is 5.82 Å². The molecule has 0 saturated heterocycles. The van der Waals surface area contributed by atoms with E-state index in [1.54, 1.807) is 19.3 Å². The van der Waals surface area contributed by atoms with Gasteiger partial charge in [-0.25, -0.2) is 14.8 Å². The molecule has 0 bridgehead atoms. The molecule has 0 spiro atoms. The number of ether oxygens (including phenoxy) is 1. The summed E-state index contributed by atoms with van der Waals surface area (Å²) in [4.78, 5) is 24.0. The number of rotatable bonds is 3. The smallest absolute Gasteiger partial charge is 0.343 e. The molecule has 0 fully saturated rings. The van der Waals surface area contributed by atoms with E-state index in [2.05, 4.69) is 25.0 Å². The quantitative estimate of drug-likeness (QED) is 0.821. The third-order valence-corrected chi connectivity index (χ3v) is 2.32. The Morgan fingerprint density at radius 1 is 1.33 bits per heavy atom. The van der Waals surface area contributed by atoms with Crippen LogP contribution >= 0.6 is 0 Å². The number of carbonyl (C=O) groups is 1. The van der Waals surface area contributed by atoms with Crippen LogP contribution in [0.4, 0.5) is 5.82 Å². The van der Waals surface area contributed by atoms with Gasteiger partial charge in [-0.1, -0.05) is 6.07 Å². The fourth-order valence-corrected chi connectivity index (χ4v) is 1.45. The molecule has 0 unspecified atom stereocenters. The van der Waals surface area contributed by atoms with Crippen LogP contribution < -0.4 is 5.32 Å². The van der Waals surface area contributed by atoms with Crippen molar-refractivity contribution in [3.63, 3.8) is 0 Å². The first-order chi connectivity index (χ1) is 8.76. The van der Waals surface area contributed by atoms with Gasteiger partial charge < -0.3 is 10.1 Å². The second-order valence-electron chi connectivity index (χ2n) is 3.41. The first-order valence-corrected chi connectivity index (χ1v) is 5.30. The molecule has 6 nitrogen and oxygen atoms in total. The van der Waals surface area contributed by atoms with E-state index in [1.165, 1.54) is 13.3 Å². The Labute approximate surface area is 104 Å². The lowest BCUT2D eigenvalue weighted by Gasteiger charge is -2.07. The lowest BCUT2D eigenvalue weighted by Crippen LogP contribution is -2.09. The number of hydrogen-bond acceptors (Lipinski definition) is 6. The van der Waals surface area contributed by atoms with Crippen molar-refractivity contribution in [1.82, 2.24) is 15.0 Å². The van der Waals surface area contributed by atoms with Gasteiger partial charge in [0.2, 0.25) is 0 Å². The van der Waals surface area contributed by atoms with Crippen molar-refractivity contribution in [3.8, 4) is 11.5 Å². The van der Waals surface area contributed by atoms with Gasteiger partial charge >= 0.3 is 5.97 Å². The van der Waals surface area contributed by atoms with Gasteiger partial charge in [0.05, 0.1) is 7.11 Å². The number of esters is 1. The Balaban J connectivity index is 2.45. The third kappa shape index (κ3) is 2.27. The molecular weight excluding hydrogens is 232 g/mol. The highest BCUT2D eigenvalue weighted by Crippen LogP contribution is 2.17. The first kappa shape index (κ1) is 12.0. The van der Waals surface area contributed by atoms with Crippen molar-refractivity contribution < 1.29 is 9.53 Å². The molecule has 1 N–H and O–H groups in total. The maximum absolute atomic E-state index is 11.5. The predicted octanol–water partition coefficient (Wildman–Crippen LogP) is 1.37. The number of aromatic nitrogens is 3. The highest BCUT2D eigenvalue weighted by atomic mass is 16.5. The van der Waals surface area contributed by atoms with Crippen LogP contribution in [0.3, 0.4) is 0 Å². The zero-order chi connectivity index (χ0) is 13.0. The average molecular weight is 244 g/mol. The van der Waals surface area contributed by atoms with Gasteiger partial charge in [0.25, 0.3) is 0 Å². The summed E-state index contributed by atoms with van der Waals surface area (Å²) in [5.41, 5.74) is 0.935. The summed E-state index contributed by atoms with van der Waals surface area (Å²) in [6, 6.07) is 5.46. The van der Waals surface area contributed by atoms with Crippen molar-refractivity contribution in [1.29, 1.82) is 0 Å². The maximum Gasteiger partial charge on any atom is 0.343 e. The number of hydrogen-bond donors (Lipinski definition) is 1. The van der Waals surface area contributed by atoms with Crippen molar-refractivity contribution in [2.45, 2.75) is 0 Å². The molecule has 0 radical (unpaired) electrons. The van der Waals surface area contributed by atoms with E-state index >= 15 is 0 Å². The van der Waals surface area contributed by atoms with Crippen LogP contribution in [0.5, 0.6) is 0 Å². The fraction of sp³-hybridized carbons (Fsp3) is 0.167. The van der Waals surface area contributed by atoms with E-state index in [0.717, 1.165) is 0 Å². The van der Waals surface area contributed by atoms with Crippen LogP contribution in [0.25, 0.3) is 11.5 Å². The van der Waals surface area contributed by atoms with Crippen LogP contribution in [-0.2, 0) is 4.74 Å². The highest BCUT2D eigenvalue weighted by molar-refractivity contribution is 5.94. The van der Waals surface area contributed by atoms with E-state index in [1.807, 2.05) is 12.1 Å². The van der Waals surface area contributed by atoms with Crippen molar-refractivity contribution in [3.05, 3.63) is 36.2 Å². The second kappa shape index (κ2) is 5.22.